The molecule has 3 aromatic carbocycles. The van der Waals surface area contributed by atoms with Crippen molar-refractivity contribution in [2.24, 2.45) is 0 Å². The van der Waals surface area contributed by atoms with E-state index in [1.165, 1.54) is 45.6 Å². The van der Waals surface area contributed by atoms with Crippen LogP contribution in [0.4, 0.5) is 0 Å². The lowest BCUT2D eigenvalue weighted by Crippen LogP contribution is -2.02. The minimum atomic E-state index is -1.23. The van der Waals surface area contributed by atoms with Crippen molar-refractivity contribution in [2.45, 2.75) is 11.8 Å². The van der Waals surface area contributed by atoms with Crippen molar-refractivity contribution >= 4 is 41.4 Å². The number of carboxylic acid groups (broad SMARTS) is 2. The van der Waals surface area contributed by atoms with Crippen LogP contribution in [0.1, 0.15) is 21.5 Å². The fourth-order valence-corrected chi connectivity index (χ4v) is 4.54. The third-order valence-electron chi connectivity index (χ3n) is 5.52. The van der Waals surface area contributed by atoms with Gasteiger partial charge in [-0.3, -0.25) is 0 Å². The SMILES string of the molecule is COc1cc(OC)cc(-c2nnc(S/C(=C\c3cc(Cl)c(OCc4cccc(C(=O)O)c4)c(OC)c3)C(=O)O)o2)c1. The number of benzene rings is 3. The van der Waals surface area contributed by atoms with Crippen molar-refractivity contribution < 1.29 is 43.2 Å². The zero-order valence-electron chi connectivity index (χ0n) is 21.9. The Morgan fingerprint density at radius 2 is 1.71 bits per heavy atom. The minimum Gasteiger partial charge on any atom is -0.497 e. The van der Waals surface area contributed by atoms with E-state index in [1.54, 1.807) is 36.4 Å². The van der Waals surface area contributed by atoms with E-state index < -0.39 is 11.9 Å². The average Bonchev–Trinajstić information content (AvgIpc) is 3.44. The summed E-state index contributed by atoms with van der Waals surface area (Å²) >= 11 is 7.22. The summed E-state index contributed by atoms with van der Waals surface area (Å²) in [6.45, 7) is 0.0290. The molecule has 0 fully saturated rings. The highest BCUT2D eigenvalue weighted by atomic mass is 35.5. The number of thioether (sulfide) groups is 1. The normalized spacial score (nSPS) is 11.2. The van der Waals surface area contributed by atoms with E-state index in [2.05, 4.69) is 10.2 Å². The minimum absolute atomic E-state index is 0.00274. The van der Waals surface area contributed by atoms with Crippen LogP contribution in [-0.4, -0.2) is 53.7 Å². The van der Waals surface area contributed by atoms with Gasteiger partial charge in [0.15, 0.2) is 11.5 Å². The van der Waals surface area contributed by atoms with Gasteiger partial charge in [0.2, 0.25) is 5.89 Å². The van der Waals surface area contributed by atoms with Gasteiger partial charge >= 0.3 is 11.9 Å². The Morgan fingerprint density at radius 1 is 0.976 bits per heavy atom. The van der Waals surface area contributed by atoms with E-state index in [1.807, 2.05) is 0 Å². The summed E-state index contributed by atoms with van der Waals surface area (Å²) in [5.41, 5.74) is 1.68. The van der Waals surface area contributed by atoms with Gasteiger partial charge in [0.05, 0.1) is 31.9 Å². The predicted octanol–water partition coefficient (Wildman–Crippen LogP) is 5.91. The molecule has 0 spiro atoms. The summed E-state index contributed by atoms with van der Waals surface area (Å²) in [4.78, 5) is 23.2. The number of carboxylic acids is 2. The molecule has 0 amide bonds. The van der Waals surface area contributed by atoms with Crippen LogP contribution < -0.4 is 18.9 Å². The second-order valence-corrected chi connectivity index (χ2v) is 9.62. The highest BCUT2D eigenvalue weighted by molar-refractivity contribution is 8.03. The van der Waals surface area contributed by atoms with Gasteiger partial charge < -0.3 is 33.6 Å². The molecule has 0 saturated heterocycles. The fourth-order valence-electron chi connectivity index (χ4n) is 3.59. The quantitative estimate of drug-likeness (QED) is 0.147. The summed E-state index contributed by atoms with van der Waals surface area (Å²) < 4.78 is 27.5. The van der Waals surface area contributed by atoms with Gasteiger partial charge in [-0.15, -0.1) is 10.2 Å². The molecule has 4 aromatic rings. The third-order valence-corrected chi connectivity index (χ3v) is 6.65. The zero-order chi connectivity index (χ0) is 29.5. The summed E-state index contributed by atoms with van der Waals surface area (Å²) in [5, 5.41) is 27.2. The topological polar surface area (TPSA) is 150 Å². The van der Waals surface area contributed by atoms with Crippen molar-refractivity contribution in [1.29, 1.82) is 0 Å². The van der Waals surface area contributed by atoms with Gasteiger partial charge in [0, 0.05) is 11.6 Å². The lowest BCUT2D eigenvalue weighted by atomic mass is 10.1. The van der Waals surface area contributed by atoms with E-state index in [9.17, 15) is 19.8 Å². The van der Waals surface area contributed by atoms with Crippen LogP contribution in [0.5, 0.6) is 23.0 Å². The van der Waals surface area contributed by atoms with Crippen molar-refractivity contribution in [3.05, 3.63) is 81.2 Å². The molecule has 4 rings (SSSR count). The van der Waals surface area contributed by atoms with Gasteiger partial charge in [0.1, 0.15) is 23.0 Å². The number of methoxy groups -OCH3 is 3. The maximum atomic E-state index is 12.1. The molecule has 0 saturated carbocycles. The van der Waals surface area contributed by atoms with Crippen LogP contribution in [0.25, 0.3) is 17.5 Å². The number of aromatic carboxylic acids is 1. The monoisotopic (exact) mass is 598 g/mol. The molecule has 0 unspecified atom stereocenters. The second kappa shape index (κ2) is 13.1. The molecule has 0 aliphatic carbocycles. The maximum Gasteiger partial charge on any atom is 0.342 e. The van der Waals surface area contributed by atoms with Gasteiger partial charge in [0.25, 0.3) is 5.22 Å². The molecular formula is C28H23ClN2O9S. The first kappa shape index (κ1) is 29.3. The lowest BCUT2D eigenvalue weighted by Gasteiger charge is -2.14. The number of halogens is 1. The molecule has 11 nitrogen and oxygen atoms in total. The molecule has 212 valence electrons. The molecule has 13 heteroatoms. The number of hydrogen-bond acceptors (Lipinski definition) is 10. The number of ether oxygens (including phenoxy) is 4. The smallest absolute Gasteiger partial charge is 0.342 e. The maximum absolute atomic E-state index is 12.1. The number of hydrogen-bond donors (Lipinski definition) is 2. The zero-order valence-corrected chi connectivity index (χ0v) is 23.5. The molecule has 1 heterocycles. The first-order valence-electron chi connectivity index (χ1n) is 11.7. The number of nitrogens with zero attached hydrogens (tertiary/aromatic N) is 2. The van der Waals surface area contributed by atoms with Gasteiger partial charge in [-0.1, -0.05) is 23.7 Å². The highest BCUT2D eigenvalue weighted by Crippen LogP contribution is 2.39. The largest absolute Gasteiger partial charge is 0.497 e. The fraction of sp³-hybridized carbons (Fsp3) is 0.143. The van der Waals surface area contributed by atoms with Crippen molar-refractivity contribution in [3.8, 4) is 34.5 Å². The Morgan fingerprint density at radius 3 is 2.34 bits per heavy atom. The molecule has 0 aliphatic rings. The summed E-state index contributed by atoms with van der Waals surface area (Å²) in [5.74, 6) is -0.634. The summed E-state index contributed by atoms with van der Waals surface area (Å²) in [7, 11) is 4.44. The van der Waals surface area contributed by atoms with E-state index in [0.29, 0.717) is 28.2 Å². The van der Waals surface area contributed by atoms with Crippen molar-refractivity contribution in [3.63, 3.8) is 0 Å². The number of carbonyl (C=O) groups is 2. The first-order valence-corrected chi connectivity index (χ1v) is 12.9. The molecule has 2 N–H and O–H groups in total. The van der Waals surface area contributed by atoms with E-state index in [4.69, 9.17) is 35.0 Å². The predicted molar refractivity (Wildman–Crippen MR) is 150 cm³/mol. The van der Waals surface area contributed by atoms with Gasteiger partial charge in [-0.05, 0) is 65.4 Å². The highest BCUT2D eigenvalue weighted by Gasteiger charge is 2.19. The van der Waals surface area contributed by atoms with Crippen LogP contribution in [0.2, 0.25) is 5.02 Å². The van der Waals surface area contributed by atoms with Crippen LogP contribution in [0, 0.1) is 0 Å². The molecule has 0 atom stereocenters. The van der Waals surface area contributed by atoms with Crippen LogP contribution in [0.15, 0.2) is 69.1 Å². The standard InChI is InChI=1S/C28H23ClN2O9S/c1-36-19-11-18(12-20(13-19)37-2)25-30-31-28(40-25)41-23(27(34)35)10-16-8-21(29)24(22(9-16)38-3)39-14-15-5-4-6-17(7-15)26(32)33/h4-13H,14H2,1-3H3,(H,32,33)(H,34,35)/b23-10-. The Kier molecular flexibility index (Phi) is 9.37. The van der Waals surface area contributed by atoms with Gasteiger partial charge in [-0.25, -0.2) is 9.59 Å². The average molecular weight is 599 g/mol. The molecule has 0 bridgehead atoms. The van der Waals surface area contributed by atoms with Crippen molar-refractivity contribution in [1.82, 2.24) is 10.2 Å². The molecular weight excluding hydrogens is 576 g/mol. The summed E-state index contributed by atoms with van der Waals surface area (Å²) in [6, 6.07) is 14.4. The molecule has 0 aliphatic heterocycles. The van der Waals surface area contributed by atoms with Crippen LogP contribution >= 0.6 is 23.4 Å². The number of rotatable bonds is 12. The Bertz CT molecular complexity index is 1600. The Balaban J connectivity index is 1.56. The van der Waals surface area contributed by atoms with E-state index in [0.717, 1.165) is 11.8 Å². The molecule has 1 aromatic heterocycles. The Hall–Kier alpha value is -4.68. The van der Waals surface area contributed by atoms with E-state index >= 15 is 0 Å². The lowest BCUT2D eigenvalue weighted by molar-refractivity contribution is -0.131. The molecule has 41 heavy (non-hydrogen) atoms. The number of aromatic nitrogens is 2. The van der Waals surface area contributed by atoms with Crippen LogP contribution in [-0.2, 0) is 11.4 Å². The van der Waals surface area contributed by atoms with E-state index in [-0.39, 0.29) is 44.7 Å². The number of aliphatic carboxylic acids is 1. The second-order valence-electron chi connectivity index (χ2n) is 8.22. The Labute approximate surface area is 243 Å². The molecule has 0 radical (unpaired) electrons. The summed E-state index contributed by atoms with van der Waals surface area (Å²) in [6.07, 6.45) is 1.37. The third kappa shape index (κ3) is 7.29. The first-order chi connectivity index (χ1) is 19.7. The van der Waals surface area contributed by atoms with Gasteiger partial charge in [-0.2, -0.15) is 0 Å². The van der Waals surface area contributed by atoms with Crippen molar-refractivity contribution in [2.75, 3.05) is 21.3 Å². The van der Waals surface area contributed by atoms with Crippen LogP contribution in [0.3, 0.4) is 0 Å².